The van der Waals surface area contributed by atoms with Crippen LogP contribution < -0.4 is 16.4 Å². The predicted octanol–water partition coefficient (Wildman–Crippen LogP) is 0.890. The van der Waals surface area contributed by atoms with Gasteiger partial charge in [-0.2, -0.15) is 0 Å². The molecule has 136 valence electrons. The lowest BCUT2D eigenvalue weighted by Gasteiger charge is -2.26. The number of aliphatic imine (C=N–C) groups is 1. The Morgan fingerprint density at radius 2 is 1.92 bits per heavy atom. The quantitative estimate of drug-likeness (QED) is 0.610. The van der Waals surface area contributed by atoms with Crippen LogP contribution in [0.25, 0.3) is 11.1 Å². The number of aromatic nitrogens is 2. The topological polar surface area (TPSA) is 129 Å². The summed E-state index contributed by atoms with van der Waals surface area (Å²) in [6.07, 6.45) is 2.73. The molecule has 0 unspecified atom stereocenters. The number of morpholine rings is 1. The van der Waals surface area contributed by atoms with Crippen molar-refractivity contribution >= 4 is 18.0 Å². The lowest BCUT2D eigenvalue weighted by molar-refractivity contribution is 0.122. The fourth-order valence-electron chi connectivity index (χ4n) is 2.52. The molecule has 9 nitrogen and oxygen atoms in total. The summed E-state index contributed by atoms with van der Waals surface area (Å²) in [7, 11) is 0. The Balaban J connectivity index is 1.67. The monoisotopic (exact) mass is 356 g/mol. The van der Waals surface area contributed by atoms with E-state index >= 15 is 0 Å². The van der Waals surface area contributed by atoms with Gasteiger partial charge in [0.1, 0.15) is 6.61 Å². The summed E-state index contributed by atoms with van der Waals surface area (Å²) in [5.41, 5.74) is 12.9. The number of anilines is 1. The van der Waals surface area contributed by atoms with E-state index in [-0.39, 0.29) is 12.6 Å². The number of ether oxygens (including phenoxy) is 2. The van der Waals surface area contributed by atoms with Gasteiger partial charge < -0.3 is 25.8 Å². The minimum atomic E-state index is -0.825. The highest BCUT2D eigenvalue weighted by atomic mass is 16.5. The molecule has 0 radical (unpaired) electrons. The van der Waals surface area contributed by atoms with Gasteiger partial charge in [0.15, 0.2) is 5.96 Å². The number of carbonyl (C=O) groups excluding carboxylic acids is 1. The third-order valence-electron chi connectivity index (χ3n) is 3.78. The molecule has 9 heteroatoms. The van der Waals surface area contributed by atoms with Crippen LogP contribution in [0.1, 0.15) is 5.56 Å². The maximum Gasteiger partial charge on any atom is 0.437 e. The van der Waals surface area contributed by atoms with Gasteiger partial charge in [-0.05, 0) is 17.2 Å². The van der Waals surface area contributed by atoms with Crippen LogP contribution in [0.3, 0.4) is 0 Å². The van der Waals surface area contributed by atoms with Crippen molar-refractivity contribution in [2.75, 3.05) is 31.2 Å². The number of guanidine groups is 1. The average molecular weight is 356 g/mol. The molecular weight excluding hydrogens is 336 g/mol. The van der Waals surface area contributed by atoms with Crippen molar-refractivity contribution in [3.05, 3.63) is 42.2 Å². The molecule has 26 heavy (non-hydrogen) atoms. The van der Waals surface area contributed by atoms with Gasteiger partial charge in [-0.1, -0.05) is 18.2 Å². The van der Waals surface area contributed by atoms with Crippen LogP contribution in [-0.4, -0.2) is 48.3 Å². The summed E-state index contributed by atoms with van der Waals surface area (Å²) >= 11 is 0. The molecule has 1 aliphatic heterocycles. The summed E-state index contributed by atoms with van der Waals surface area (Å²) < 4.78 is 10.3. The Kier molecular flexibility index (Phi) is 5.59. The Bertz CT molecular complexity index is 783. The summed E-state index contributed by atoms with van der Waals surface area (Å²) in [6.45, 7) is 3.01. The van der Waals surface area contributed by atoms with E-state index in [1.807, 2.05) is 24.3 Å². The second kappa shape index (κ2) is 8.26. The van der Waals surface area contributed by atoms with E-state index in [1.165, 1.54) is 0 Å². The number of hydrogen-bond donors (Lipinski definition) is 2. The van der Waals surface area contributed by atoms with Gasteiger partial charge >= 0.3 is 6.09 Å². The van der Waals surface area contributed by atoms with Crippen LogP contribution in [0, 0.1) is 0 Å². The van der Waals surface area contributed by atoms with Crippen LogP contribution >= 0.6 is 0 Å². The zero-order chi connectivity index (χ0) is 18.4. The molecule has 2 heterocycles. The first kappa shape index (κ1) is 17.6. The van der Waals surface area contributed by atoms with Crippen molar-refractivity contribution < 1.29 is 14.3 Å². The van der Waals surface area contributed by atoms with Crippen LogP contribution in [0.5, 0.6) is 0 Å². The van der Waals surface area contributed by atoms with E-state index in [2.05, 4.69) is 19.9 Å². The first-order valence-electron chi connectivity index (χ1n) is 8.12. The van der Waals surface area contributed by atoms with Gasteiger partial charge in [-0.3, -0.25) is 0 Å². The highest BCUT2D eigenvalue weighted by molar-refractivity contribution is 5.87. The highest BCUT2D eigenvalue weighted by Gasteiger charge is 2.13. The second-order valence-corrected chi connectivity index (χ2v) is 5.66. The molecule has 0 spiro atoms. The van der Waals surface area contributed by atoms with Gasteiger partial charge in [0.25, 0.3) is 0 Å². The Morgan fingerprint density at radius 1 is 1.19 bits per heavy atom. The molecule has 0 aliphatic carbocycles. The fourth-order valence-corrected chi connectivity index (χ4v) is 2.52. The molecule has 1 fully saturated rings. The Morgan fingerprint density at radius 3 is 2.62 bits per heavy atom. The molecule has 1 aromatic carbocycles. The largest absolute Gasteiger partial charge is 0.443 e. The SMILES string of the molecule is NC(N)=NC(=O)OCc1cccc(-c2cnc(N3CCOCC3)nc2)c1. The van der Waals surface area contributed by atoms with E-state index < -0.39 is 6.09 Å². The Labute approximate surface area is 150 Å². The van der Waals surface area contributed by atoms with E-state index in [1.54, 1.807) is 12.4 Å². The van der Waals surface area contributed by atoms with Gasteiger partial charge in [0.2, 0.25) is 5.95 Å². The smallest absolute Gasteiger partial charge is 0.437 e. The van der Waals surface area contributed by atoms with Crippen molar-refractivity contribution in [1.29, 1.82) is 0 Å². The van der Waals surface area contributed by atoms with Crippen molar-refractivity contribution in [3.63, 3.8) is 0 Å². The zero-order valence-corrected chi connectivity index (χ0v) is 14.2. The van der Waals surface area contributed by atoms with Gasteiger partial charge in [0, 0.05) is 31.0 Å². The normalized spacial score (nSPS) is 13.9. The molecule has 1 saturated heterocycles. The molecule has 1 aliphatic rings. The van der Waals surface area contributed by atoms with Crippen LogP contribution in [0.2, 0.25) is 0 Å². The van der Waals surface area contributed by atoms with Crippen molar-refractivity contribution in [1.82, 2.24) is 9.97 Å². The first-order chi connectivity index (χ1) is 12.6. The van der Waals surface area contributed by atoms with Crippen LogP contribution in [0.15, 0.2) is 41.7 Å². The molecule has 3 rings (SSSR count). The fraction of sp³-hybridized carbons (Fsp3) is 0.294. The summed E-state index contributed by atoms with van der Waals surface area (Å²) in [4.78, 5) is 25.6. The van der Waals surface area contributed by atoms with Crippen molar-refractivity contribution in [3.8, 4) is 11.1 Å². The number of nitrogens with zero attached hydrogens (tertiary/aromatic N) is 4. The lowest BCUT2D eigenvalue weighted by atomic mass is 10.1. The van der Waals surface area contributed by atoms with E-state index in [4.69, 9.17) is 20.9 Å². The minimum absolute atomic E-state index is 0.0656. The third-order valence-corrected chi connectivity index (χ3v) is 3.78. The predicted molar refractivity (Wildman–Crippen MR) is 96.5 cm³/mol. The number of carbonyl (C=O) groups is 1. The maximum atomic E-state index is 11.4. The number of rotatable bonds is 4. The molecule has 0 atom stereocenters. The van der Waals surface area contributed by atoms with Crippen molar-refractivity contribution in [2.45, 2.75) is 6.61 Å². The first-order valence-corrected chi connectivity index (χ1v) is 8.12. The maximum absolute atomic E-state index is 11.4. The molecule has 1 aromatic heterocycles. The van der Waals surface area contributed by atoms with Crippen molar-refractivity contribution in [2.24, 2.45) is 16.5 Å². The van der Waals surface area contributed by atoms with Crippen LogP contribution in [0.4, 0.5) is 10.7 Å². The summed E-state index contributed by atoms with van der Waals surface area (Å²) in [6, 6.07) is 7.55. The summed E-state index contributed by atoms with van der Waals surface area (Å²) in [5.74, 6) is 0.362. The standard InChI is InChI=1S/C17H20N6O3/c18-15(19)22-17(24)26-11-12-2-1-3-13(8-12)14-9-20-16(21-10-14)23-4-6-25-7-5-23/h1-3,8-10H,4-7,11H2,(H4,18,19,22,24). The zero-order valence-electron chi connectivity index (χ0n) is 14.2. The number of benzene rings is 1. The highest BCUT2D eigenvalue weighted by Crippen LogP contribution is 2.21. The minimum Gasteiger partial charge on any atom is -0.443 e. The van der Waals surface area contributed by atoms with E-state index in [0.717, 1.165) is 29.8 Å². The molecule has 0 saturated carbocycles. The lowest BCUT2D eigenvalue weighted by Crippen LogP contribution is -2.37. The molecular formula is C17H20N6O3. The number of hydrogen-bond acceptors (Lipinski definition) is 6. The summed E-state index contributed by atoms with van der Waals surface area (Å²) in [5, 5.41) is 0. The van der Waals surface area contributed by atoms with Gasteiger partial charge in [0.05, 0.1) is 13.2 Å². The average Bonchev–Trinajstić information content (AvgIpc) is 2.67. The van der Waals surface area contributed by atoms with Crippen LogP contribution in [-0.2, 0) is 16.1 Å². The van der Waals surface area contributed by atoms with E-state index in [9.17, 15) is 4.79 Å². The molecule has 1 amide bonds. The van der Waals surface area contributed by atoms with Gasteiger partial charge in [-0.25, -0.2) is 14.8 Å². The molecule has 2 aromatic rings. The number of amides is 1. The number of nitrogens with two attached hydrogens (primary N) is 2. The Hall–Kier alpha value is -3.20. The second-order valence-electron chi connectivity index (χ2n) is 5.66. The van der Waals surface area contributed by atoms with Gasteiger partial charge in [-0.15, -0.1) is 4.99 Å². The molecule has 4 N–H and O–H groups in total. The third kappa shape index (κ3) is 4.67. The van der Waals surface area contributed by atoms with E-state index in [0.29, 0.717) is 19.2 Å². The molecule has 0 bridgehead atoms.